The van der Waals surface area contributed by atoms with Gasteiger partial charge in [0.05, 0.1) is 5.92 Å². The summed E-state index contributed by atoms with van der Waals surface area (Å²) in [6.45, 7) is 9.59. The first-order valence-electron chi connectivity index (χ1n) is 8.67. The maximum atomic E-state index is 12.0. The largest absolute Gasteiger partial charge is 0.481 e. The molecule has 0 aromatic rings. The number of nitrogens with zero attached hydrogens (tertiary/aromatic N) is 1. The monoisotopic (exact) mass is 328 g/mol. The van der Waals surface area contributed by atoms with Crippen LogP contribution in [0.4, 0.5) is 4.79 Å². The summed E-state index contributed by atoms with van der Waals surface area (Å²) in [7, 11) is 0. The zero-order valence-electron chi connectivity index (χ0n) is 14.9. The number of amides is 1. The number of rotatable bonds is 7. The highest BCUT2D eigenvalue weighted by atomic mass is 16.6. The third kappa shape index (κ3) is 7.68. The fraction of sp³-hybridized carbons (Fsp3) is 0.882. The molecule has 2 unspecified atom stereocenters. The third-order valence-electron chi connectivity index (χ3n) is 4.09. The lowest BCUT2D eigenvalue weighted by Crippen LogP contribution is -2.40. The third-order valence-corrected chi connectivity index (χ3v) is 4.09. The Morgan fingerprint density at radius 1 is 1.30 bits per heavy atom. The van der Waals surface area contributed by atoms with Crippen molar-refractivity contribution in [3.63, 3.8) is 0 Å². The Bertz CT molecular complexity index is 393. The van der Waals surface area contributed by atoms with Crippen LogP contribution in [0.5, 0.6) is 0 Å². The van der Waals surface area contributed by atoms with Crippen LogP contribution in [0.1, 0.15) is 59.8 Å². The van der Waals surface area contributed by atoms with E-state index < -0.39 is 11.6 Å². The Kier molecular flexibility index (Phi) is 7.82. The SMILES string of the molecule is CCN(CCCNC1CCCC(C(=O)O)C1)C(=O)OC(C)(C)C. The fourth-order valence-electron chi connectivity index (χ4n) is 2.88. The summed E-state index contributed by atoms with van der Waals surface area (Å²) in [5.74, 6) is -0.895. The van der Waals surface area contributed by atoms with E-state index in [0.717, 1.165) is 32.2 Å². The van der Waals surface area contributed by atoms with Gasteiger partial charge in [0, 0.05) is 19.1 Å². The topological polar surface area (TPSA) is 78.9 Å². The lowest BCUT2D eigenvalue weighted by atomic mass is 9.86. The molecule has 0 heterocycles. The summed E-state index contributed by atoms with van der Waals surface area (Å²) in [5, 5.41) is 12.5. The number of carboxylic acids is 1. The molecule has 0 radical (unpaired) electrons. The highest BCUT2D eigenvalue weighted by Gasteiger charge is 2.26. The Balaban J connectivity index is 2.27. The molecule has 1 rings (SSSR count). The molecule has 23 heavy (non-hydrogen) atoms. The summed E-state index contributed by atoms with van der Waals surface area (Å²) in [5.41, 5.74) is -0.476. The molecule has 1 fully saturated rings. The van der Waals surface area contributed by atoms with Crippen LogP contribution in [0.3, 0.4) is 0 Å². The molecule has 0 spiro atoms. The second-order valence-corrected chi connectivity index (χ2v) is 7.27. The minimum absolute atomic E-state index is 0.213. The molecule has 6 heteroatoms. The zero-order chi connectivity index (χ0) is 17.5. The van der Waals surface area contributed by atoms with Gasteiger partial charge in [-0.15, -0.1) is 0 Å². The van der Waals surface area contributed by atoms with Gasteiger partial charge in [-0.1, -0.05) is 6.42 Å². The molecule has 134 valence electrons. The molecule has 1 aliphatic carbocycles. The molecule has 0 aromatic carbocycles. The highest BCUT2D eigenvalue weighted by Crippen LogP contribution is 2.24. The molecule has 0 aromatic heterocycles. The van der Waals surface area contributed by atoms with Crippen LogP contribution >= 0.6 is 0 Å². The molecule has 2 atom stereocenters. The first-order chi connectivity index (χ1) is 10.7. The number of carboxylic acid groups (broad SMARTS) is 1. The van der Waals surface area contributed by atoms with E-state index >= 15 is 0 Å². The summed E-state index contributed by atoms with van der Waals surface area (Å²) < 4.78 is 5.38. The Labute approximate surface area is 139 Å². The number of carbonyl (C=O) groups excluding carboxylic acids is 1. The molecular weight excluding hydrogens is 296 g/mol. The summed E-state index contributed by atoms with van der Waals surface area (Å²) in [6, 6.07) is 0.279. The predicted octanol–water partition coefficient (Wildman–Crippen LogP) is 2.87. The van der Waals surface area contributed by atoms with Crippen molar-refractivity contribution < 1.29 is 19.4 Å². The molecule has 0 bridgehead atoms. The van der Waals surface area contributed by atoms with E-state index in [4.69, 9.17) is 9.84 Å². The number of ether oxygens (including phenoxy) is 1. The van der Waals surface area contributed by atoms with Crippen LogP contribution in [-0.2, 0) is 9.53 Å². The van der Waals surface area contributed by atoms with Crippen molar-refractivity contribution in [1.82, 2.24) is 10.2 Å². The van der Waals surface area contributed by atoms with E-state index in [1.165, 1.54) is 0 Å². The molecule has 0 aliphatic heterocycles. The molecular formula is C17H32N2O4. The van der Waals surface area contributed by atoms with Crippen molar-refractivity contribution in [2.45, 2.75) is 71.4 Å². The van der Waals surface area contributed by atoms with E-state index in [2.05, 4.69) is 5.32 Å². The average molecular weight is 328 g/mol. The van der Waals surface area contributed by atoms with Gasteiger partial charge in [0.15, 0.2) is 0 Å². The van der Waals surface area contributed by atoms with E-state index in [1.54, 1.807) is 4.90 Å². The lowest BCUT2D eigenvalue weighted by molar-refractivity contribution is -0.143. The zero-order valence-corrected chi connectivity index (χ0v) is 14.9. The van der Waals surface area contributed by atoms with Gasteiger partial charge in [-0.25, -0.2) is 4.79 Å². The van der Waals surface area contributed by atoms with Crippen LogP contribution in [0.25, 0.3) is 0 Å². The van der Waals surface area contributed by atoms with Crippen LogP contribution < -0.4 is 5.32 Å². The van der Waals surface area contributed by atoms with Crippen molar-refractivity contribution in [1.29, 1.82) is 0 Å². The van der Waals surface area contributed by atoms with Gasteiger partial charge in [-0.3, -0.25) is 4.79 Å². The van der Waals surface area contributed by atoms with Crippen LogP contribution in [-0.4, -0.2) is 53.3 Å². The van der Waals surface area contributed by atoms with Crippen molar-refractivity contribution in [3.8, 4) is 0 Å². The van der Waals surface area contributed by atoms with Gasteiger partial charge in [0.25, 0.3) is 0 Å². The van der Waals surface area contributed by atoms with Gasteiger partial charge in [0.1, 0.15) is 5.60 Å². The second kappa shape index (κ2) is 9.11. The van der Waals surface area contributed by atoms with Crippen molar-refractivity contribution in [3.05, 3.63) is 0 Å². The molecule has 1 saturated carbocycles. The Morgan fingerprint density at radius 2 is 2.00 bits per heavy atom. The number of aliphatic carboxylic acids is 1. The molecule has 2 N–H and O–H groups in total. The summed E-state index contributed by atoms with van der Waals surface area (Å²) in [4.78, 5) is 24.8. The van der Waals surface area contributed by atoms with Gasteiger partial charge in [-0.2, -0.15) is 0 Å². The highest BCUT2D eigenvalue weighted by molar-refractivity contribution is 5.70. The maximum absolute atomic E-state index is 12.0. The van der Waals surface area contributed by atoms with E-state index in [1.807, 2.05) is 27.7 Å². The Hall–Kier alpha value is -1.30. The van der Waals surface area contributed by atoms with E-state index in [0.29, 0.717) is 19.5 Å². The second-order valence-electron chi connectivity index (χ2n) is 7.27. The standard InChI is InChI=1S/C17H32N2O4/c1-5-19(16(22)23-17(2,3)4)11-7-10-18-14-9-6-8-13(12-14)15(20)21/h13-14,18H,5-12H2,1-4H3,(H,20,21). The molecule has 1 amide bonds. The number of hydrogen-bond acceptors (Lipinski definition) is 4. The lowest BCUT2D eigenvalue weighted by Gasteiger charge is -2.28. The van der Waals surface area contributed by atoms with E-state index in [-0.39, 0.29) is 18.1 Å². The van der Waals surface area contributed by atoms with Crippen molar-refractivity contribution in [2.24, 2.45) is 5.92 Å². The minimum atomic E-state index is -0.682. The first kappa shape index (κ1) is 19.7. The predicted molar refractivity (Wildman–Crippen MR) is 89.5 cm³/mol. The van der Waals surface area contributed by atoms with Crippen LogP contribution in [0.2, 0.25) is 0 Å². The van der Waals surface area contributed by atoms with E-state index in [9.17, 15) is 9.59 Å². The maximum Gasteiger partial charge on any atom is 0.410 e. The number of carbonyl (C=O) groups is 2. The van der Waals surface area contributed by atoms with Gasteiger partial charge in [-0.05, 0) is 59.9 Å². The van der Waals surface area contributed by atoms with Gasteiger partial charge >= 0.3 is 12.1 Å². The van der Waals surface area contributed by atoms with Crippen molar-refractivity contribution in [2.75, 3.05) is 19.6 Å². The normalized spacial score (nSPS) is 21.7. The van der Waals surface area contributed by atoms with Crippen molar-refractivity contribution >= 4 is 12.1 Å². The molecule has 1 aliphatic rings. The van der Waals surface area contributed by atoms with Crippen LogP contribution in [0.15, 0.2) is 0 Å². The smallest absolute Gasteiger partial charge is 0.410 e. The summed E-state index contributed by atoms with van der Waals surface area (Å²) >= 11 is 0. The molecule has 6 nitrogen and oxygen atoms in total. The molecule has 0 saturated heterocycles. The van der Waals surface area contributed by atoms with Gasteiger partial charge < -0.3 is 20.1 Å². The average Bonchev–Trinajstić information content (AvgIpc) is 2.45. The minimum Gasteiger partial charge on any atom is -0.481 e. The fourth-order valence-corrected chi connectivity index (χ4v) is 2.88. The van der Waals surface area contributed by atoms with Gasteiger partial charge in [0.2, 0.25) is 0 Å². The first-order valence-corrected chi connectivity index (χ1v) is 8.67. The number of nitrogens with one attached hydrogen (secondary N) is 1. The summed E-state index contributed by atoms with van der Waals surface area (Å²) in [6.07, 6.45) is 4.06. The number of hydrogen-bond donors (Lipinski definition) is 2. The van der Waals surface area contributed by atoms with Crippen LogP contribution in [0, 0.1) is 5.92 Å². The Morgan fingerprint density at radius 3 is 2.57 bits per heavy atom. The quantitative estimate of drug-likeness (QED) is 0.703.